The number of para-hydroxylation sites is 1. The molecule has 0 atom stereocenters. The van der Waals surface area contributed by atoms with Crippen LogP contribution >= 0.6 is 11.3 Å². The van der Waals surface area contributed by atoms with Gasteiger partial charge in [-0.1, -0.05) is 54.6 Å². The van der Waals surface area contributed by atoms with Crippen LogP contribution in [0.15, 0.2) is 78.9 Å². The minimum atomic E-state index is 1.22. The van der Waals surface area contributed by atoms with E-state index in [-0.39, 0.29) is 0 Å². The third kappa shape index (κ3) is 2.07. The lowest BCUT2D eigenvalue weighted by Crippen LogP contribution is -1.93. The first kappa shape index (κ1) is 15.9. The van der Waals surface area contributed by atoms with E-state index in [0.29, 0.717) is 0 Å². The molecular formula is C26H19NS. The fourth-order valence-corrected chi connectivity index (χ4v) is 5.66. The molecule has 2 heteroatoms. The first-order valence-corrected chi connectivity index (χ1v) is 10.4. The molecular weight excluding hydrogens is 358 g/mol. The Morgan fingerprint density at radius 1 is 0.714 bits per heavy atom. The number of hydrogen-bond acceptors (Lipinski definition) is 1. The maximum atomic E-state index is 2.45. The highest BCUT2D eigenvalue weighted by atomic mass is 32.1. The van der Waals surface area contributed by atoms with E-state index in [4.69, 9.17) is 0 Å². The van der Waals surface area contributed by atoms with Crippen molar-refractivity contribution in [2.24, 2.45) is 0 Å². The summed E-state index contributed by atoms with van der Waals surface area (Å²) in [6.07, 6.45) is 0. The fraction of sp³-hybridized carbons (Fsp3) is 0.0769. The van der Waals surface area contributed by atoms with Crippen LogP contribution in [-0.2, 0) is 0 Å². The van der Waals surface area contributed by atoms with Gasteiger partial charge in [-0.2, -0.15) is 0 Å². The second kappa shape index (κ2) is 5.70. The van der Waals surface area contributed by atoms with E-state index in [2.05, 4.69) is 97.3 Å². The van der Waals surface area contributed by atoms with Gasteiger partial charge in [0.15, 0.2) is 0 Å². The standard InChI is InChI=1S/C26H19NS/c1-16-11-12-19-20-13-14-23-24(21-10-6-7-17(2)26(21)28-23)25(20)27(22(19)15-16)18-8-4-3-5-9-18/h3-15H,1-2H3. The number of rotatable bonds is 1. The summed E-state index contributed by atoms with van der Waals surface area (Å²) in [5.41, 5.74) is 6.45. The summed E-state index contributed by atoms with van der Waals surface area (Å²) >= 11 is 1.91. The zero-order valence-electron chi connectivity index (χ0n) is 15.9. The van der Waals surface area contributed by atoms with Gasteiger partial charge in [0.2, 0.25) is 0 Å². The molecule has 0 saturated heterocycles. The van der Waals surface area contributed by atoms with Gasteiger partial charge >= 0.3 is 0 Å². The van der Waals surface area contributed by atoms with Gasteiger partial charge in [0, 0.05) is 36.6 Å². The van der Waals surface area contributed by atoms with Crippen molar-refractivity contribution in [3.63, 3.8) is 0 Å². The number of thiophene rings is 1. The van der Waals surface area contributed by atoms with Gasteiger partial charge in [0.1, 0.15) is 0 Å². The van der Waals surface area contributed by atoms with Crippen molar-refractivity contribution in [1.29, 1.82) is 0 Å². The lowest BCUT2D eigenvalue weighted by Gasteiger charge is -2.09. The Bertz CT molecular complexity index is 1520. The predicted molar refractivity (Wildman–Crippen MR) is 123 cm³/mol. The number of aromatic nitrogens is 1. The Balaban J connectivity index is 1.95. The summed E-state index contributed by atoms with van der Waals surface area (Å²) in [4.78, 5) is 0. The quantitative estimate of drug-likeness (QED) is 0.276. The smallest absolute Gasteiger partial charge is 0.0634 e. The lowest BCUT2D eigenvalue weighted by molar-refractivity contribution is 1.18. The van der Waals surface area contributed by atoms with Gasteiger partial charge in [0.25, 0.3) is 0 Å². The summed E-state index contributed by atoms with van der Waals surface area (Å²) in [6, 6.07) is 28.8. The highest BCUT2D eigenvalue weighted by Gasteiger charge is 2.18. The largest absolute Gasteiger partial charge is 0.309 e. The first-order valence-electron chi connectivity index (χ1n) is 9.63. The Labute approximate surface area is 167 Å². The Morgan fingerprint density at radius 2 is 1.54 bits per heavy atom. The van der Waals surface area contributed by atoms with Crippen LogP contribution in [0.3, 0.4) is 0 Å². The van der Waals surface area contributed by atoms with Gasteiger partial charge in [-0.15, -0.1) is 11.3 Å². The number of hydrogen-bond donors (Lipinski definition) is 0. The highest BCUT2D eigenvalue weighted by Crippen LogP contribution is 2.43. The average Bonchev–Trinajstić information content (AvgIpc) is 3.24. The maximum absolute atomic E-state index is 2.45. The third-order valence-electron chi connectivity index (χ3n) is 5.76. The van der Waals surface area contributed by atoms with Crippen LogP contribution < -0.4 is 0 Å². The summed E-state index contributed by atoms with van der Waals surface area (Å²) in [6.45, 7) is 4.39. The molecule has 0 bridgehead atoms. The van der Waals surface area contributed by atoms with Crippen molar-refractivity contribution >= 4 is 53.3 Å². The minimum absolute atomic E-state index is 1.22. The van der Waals surface area contributed by atoms with Crippen molar-refractivity contribution in [3.8, 4) is 5.69 Å². The molecule has 1 nitrogen and oxygen atoms in total. The normalized spacial score (nSPS) is 11.9. The highest BCUT2D eigenvalue weighted by molar-refractivity contribution is 7.26. The second-order valence-electron chi connectivity index (χ2n) is 7.58. The summed E-state index contributed by atoms with van der Waals surface area (Å²) in [5, 5.41) is 5.38. The van der Waals surface area contributed by atoms with Gasteiger partial charge in [0.05, 0.1) is 11.0 Å². The van der Waals surface area contributed by atoms with Crippen LogP contribution in [0.1, 0.15) is 11.1 Å². The van der Waals surface area contributed by atoms with Gasteiger partial charge in [-0.05, 0) is 49.2 Å². The molecule has 6 rings (SSSR count). The van der Waals surface area contributed by atoms with E-state index in [1.165, 1.54) is 58.8 Å². The van der Waals surface area contributed by atoms with E-state index in [0.717, 1.165) is 0 Å². The van der Waals surface area contributed by atoms with Crippen molar-refractivity contribution in [2.45, 2.75) is 13.8 Å². The summed E-state index contributed by atoms with van der Waals surface area (Å²) in [5.74, 6) is 0. The van der Waals surface area contributed by atoms with E-state index >= 15 is 0 Å². The zero-order valence-corrected chi connectivity index (χ0v) is 16.7. The van der Waals surface area contributed by atoms with E-state index in [1.54, 1.807) is 0 Å². The van der Waals surface area contributed by atoms with Crippen LogP contribution in [0.25, 0.3) is 47.7 Å². The van der Waals surface area contributed by atoms with Gasteiger partial charge < -0.3 is 4.57 Å². The van der Waals surface area contributed by atoms with Crippen LogP contribution in [0.5, 0.6) is 0 Å². The Hall–Kier alpha value is -3.10. The SMILES string of the molecule is Cc1ccc2c3ccc4sc5c(C)cccc5c4c3n(-c3ccccc3)c2c1. The number of fused-ring (bicyclic) bond motifs is 7. The van der Waals surface area contributed by atoms with Crippen molar-refractivity contribution < 1.29 is 0 Å². The van der Waals surface area contributed by atoms with Crippen molar-refractivity contribution in [1.82, 2.24) is 4.57 Å². The molecule has 0 radical (unpaired) electrons. The van der Waals surface area contributed by atoms with Gasteiger partial charge in [-0.25, -0.2) is 0 Å². The van der Waals surface area contributed by atoms with Crippen molar-refractivity contribution in [3.05, 3.63) is 90.0 Å². The van der Waals surface area contributed by atoms with Crippen LogP contribution in [0, 0.1) is 13.8 Å². The molecule has 0 aliphatic carbocycles. The molecule has 28 heavy (non-hydrogen) atoms. The monoisotopic (exact) mass is 377 g/mol. The van der Waals surface area contributed by atoms with Crippen molar-refractivity contribution in [2.75, 3.05) is 0 Å². The van der Waals surface area contributed by atoms with E-state index in [9.17, 15) is 0 Å². The average molecular weight is 378 g/mol. The topological polar surface area (TPSA) is 4.93 Å². The molecule has 0 amide bonds. The fourth-order valence-electron chi connectivity index (χ4n) is 4.48. The molecule has 0 saturated carbocycles. The van der Waals surface area contributed by atoms with Crippen LogP contribution in [0.4, 0.5) is 0 Å². The Morgan fingerprint density at radius 3 is 2.39 bits per heavy atom. The molecule has 4 aromatic carbocycles. The zero-order chi connectivity index (χ0) is 18.8. The Kier molecular flexibility index (Phi) is 3.24. The maximum Gasteiger partial charge on any atom is 0.0634 e. The second-order valence-corrected chi connectivity index (χ2v) is 8.63. The number of benzene rings is 4. The molecule has 0 spiro atoms. The molecule has 134 valence electrons. The lowest BCUT2D eigenvalue weighted by atomic mass is 10.1. The molecule has 2 heterocycles. The van der Waals surface area contributed by atoms with E-state index in [1.807, 2.05) is 11.3 Å². The molecule has 6 aromatic rings. The predicted octanol–water partition coefficient (Wildman–Crippen LogP) is 7.77. The minimum Gasteiger partial charge on any atom is -0.309 e. The summed E-state index contributed by atoms with van der Waals surface area (Å²) < 4.78 is 5.20. The molecule has 0 N–H and O–H groups in total. The van der Waals surface area contributed by atoms with Crippen LogP contribution in [-0.4, -0.2) is 4.57 Å². The van der Waals surface area contributed by atoms with E-state index < -0.39 is 0 Å². The van der Waals surface area contributed by atoms with Gasteiger partial charge in [-0.3, -0.25) is 0 Å². The molecule has 0 fully saturated rings. The molecule has 2 aromatic heterocycles. The third-order valence-corrected chi connectivity index (χ3v) is 7.06. The van der Waals surface area contributed by atoms with Crippen LogP contribution in [0.2, 0.25) is 0 Å². The molecule has 0 aliphatic heterocycles. The first-order chi connectivity index (χ1) is 13.7. The number of nitrogens with zero attached hydrogens (tertiary/aromatic N) is 1. The molecule has 0 aliphatic rings. The number of aryl methyl sites for hydroxylation is 2. The molecule has 0 unspecified atom stereocenters. The summed E-state index contributed by atoms with van der Waals surface area (Å²) in [7, 11) is 0.